The first kappa shape index (κ1) is 23.5. The van der Waals surface area contributed by atoms with Gasteiger partial charge >= 0.3 is 0 Å². The summed E-state index contributed by atoms with van der Waals surface area (Å²) in [6.07, 6.45) is 5.23. The Morgan fingerprint density at radius 2 is 1.50 bits per heavy atom. The van der Waals surface area contributed by atoms with E-state index in [1.54, 1.807) is 24.8 Å². The monoisotopic (exact) mass is 446 g/mol. The van der Waals surface area contributed by atoms with Crippen LogP contribution < -0.4 is 4.74 Å². The van der Waals surface area contributed by atoms with Crippen LogP contribution in [-0.4, -0.2) is 27.3 Å². The third-order valence-corrected chi connectivity index (χ3v) is 5.97. The standard InChI is InChI=1S/C13H16N2OS.C13H14N2/c1-8(2)10-5-6-12(16-4)11(7-10)13-15-14-9(3)17-13;1-10(2)11-4-3-5-12(6-11)13-7-14-9-15-8-13/h5-8H,1-4H3;3-10H,1-2H3. The van der Waals surface area contributed by atoms with Crippen molar-refractivity contribution in [1.29, 1.82) is 0 Å². The maximum atomic E-state index is 5.38. The molecule has 2 aromatic heterocycles. The molecule has 0 aliphatic heterocycles. The molecule has 0 bridgehead atoms. The molecule has 0 amide bonds. The zero-order valence-corrected chi connectivity index (χ0v) is 20.4. The fourth-order valence-electron chi connectivity index (χ4n) is 3.18. The van der Waals surface area contributed by atoms with Gasteiger partial charge in [-0.3, -0.25) is 0 Å². The molecule has 4 aromatic rings. The second kappa shape index (κ2) is 11.0. The average Bonchev–Trinajstić information content (AvgIpc) is 3.25. The molecule has 5 nitrogen and oxygen atoms in total. The summed E-state index contributed by atoms with van der Waals surface area (Å²) in [4.78, 5) is 8.05. The van der Waals surface area contributed by atoms with E-state index in [2.05, 4.69) is 84.3 Å². The van der Waals surface area contributed by atoms with Crippen LogP contribution in [-0.2, 0) is 0 Å². The normalized spacial score (nSPS) is 10.8. The summed E-state index contributed by atoms with van der Waals surface area (Å²) < 4.78 is 5.38. The van der Waals surface area contributed by atoms with E-state index in [-0.39, 0.29) is 0 Å². The Kier molecular flexibility index (Phi) is 8.06. The number of aromatic nitrogens is 4. The van der Waals surface area contributed by atoms with Crippen molar-refractivity contribution in [2.45, 2.75) is 46.5 Å². The van der Waals surface area contributed by atoms with Crippen LogP contribution in [0.5, 0.6) is 5.75 Å². The molecule has 0 spiro atoms. The van der Waals surface area contributed by atoms with Crippen molar-refractivity contribution in [2.75, 3.05) is 7.11 Å². The first-order valence-electron chi connectivity index (χ1n) is 10.7. The summed E-state index contributed by atoms with van der Waals surface area (Å²) in [5.74, 6) is 1.90. The number of aryl methyl sites for hydroxylation is 1. The zero-order chi connectivity index (χ0) is 23.1. The summed E-state index contributed by atoms with van der Waals surface area (Å²) in [5, 5.41) is 10.1. The van der Waals surface area contributed by atoms with E-state index in [1.165, 1.54) is 16.7 Å². The third kappa shape index (κ3) is 5.98. The number of nitrogens with zero attached hydrogens (tertiary/aromatic N) is 4. The molecular weight excluding hydrogens is 416 g/mol. The Hall–Kier alpha value is -3.12. The van der Waals surface area contributed by atoms with Crippen molar-refractivity contribution < 1.29 is 4.74 Å². The number of rotatable bonds is 5. The lowest BCUT2D eigenvalue weighted by molar-refractivity contribution is 0.416. The highest BCUT2D eigenvalue weighted by Crippen LogP contribution is 2.34. The van der Waals surface area contributed by atoms with Gasteiger partial charge in [0.1, 0.15) is 17.1 Å². The molecule has 0 unspecified atom stereocenters. The third-order valence-electron chi connectivity index (χ3n) is 5.09. The summed E-state index contributed by atoms with van der Waals surface area (Å²) in [6, 6.07) is 14.8. The van der Waals surface area contributed by atoms with Crippen molar-refractivity contribution in [3.8, 4) is 27.4 Å². The lowest BCUT2D eigenvalue weighted by atomic mass is 9.99. The molecule has 0 N–H and O–H groups in total. The quantitative estimate of drug-likeness (QED) is 0.333. The Balaban J connectivity index is 0.000000182. The Morgan fingerprint density at radius 1 is 0.812 bits per heavy atom. The van der Waals surface area contributed by atoms with Crippen LogP contribution in [0.1, 0.15) is 55.7 Å². The summed E-state index contributed by atoms with van der Waals surface area (Å²) in [5.41, 5.74) is 5.91. The first-order chi connectivity index (χ1) is 15.4. The molecule has 0 aliphatic carbocycles. The van der Waals surface area contributed by atoms with Crippen molar-refractivity contribution in [1.82, 2.24) is 20.2 Å². The van der Waals surface area contributed by atoms with Gasteiger partial charge < -0.3 is 4.74 Å². The maximum Gasteiger partial charge on any atom is 0.151 e. The Morgan fingerprint density at radius 3 is 2.09 bits per heavy atom. The van der Waals surface area contributed by atoms with Gasteiger partial charge in [-0.2, -0.15) is 0 Å². The van der Waals surface area contributed by atoms with Gasteiger partial charge in [-0.25, -0.2) is 9.97 Å². The second-order valence-electron chi connectivity index (χ2n) is 8.15. The minimum Gasteiger partial charge on any atom is -0.496 e. The van der Waals surface area contributed by atoms with Crippen LogP contribution in [0.2, 0.25) is 0 Å². The number of benzene rings is 2. The van der Waals surface area contributed by atoms with Crippen molar-refractivity contribution >= 4 is 11.3 Å². The van der Waals surface area contributed by atoms with E-state index in [0.717, 1.165) is 26.9 Å². The zero-order valence-electron chi connectivity index (χ0n) is 19.5. The van der Waals surface area contributed by atoms with Gasteiger partial charge in [0, 0.05) is 18.0 Å². The lowest BCUT2D eigenvalue weighted by Crippen LogP contribution is -1.92. The average molecular weight is 447 g/mol. The lowest BCUT2D eigenvalue weighted by Gasteiger charge is -2.10. The highest BCUT2D eigenvalue weighted by molar-refractivity contribution is 7.14. The Bertz CT molecular complexity index is 1140. The summed E-state index contributed by atoms with van der Waals surface area (Å²) >= 11 is 1.59. The van der Waals surface area contributed by atoms with Gasteiger partial charge in [0.05, 0.1) is 12.7 Å². The number of methoxy groups -OCH3 is 1. The Labute approximate surface area is 194 Å². The fraction of sp³-hybridized carbons (Fsp3) is 0.308. The van der Waals surface area contributed by atoms with Crippen LogP contribution in [0.3, 0.4) is 0 Å². The van der Waals surface area contributed by atoms with Crippen molar-refractivity contribution in [3.05, 3.63) is 77.3 Å². The minimum absolute atomic E-state index is 0.494. The van der Waals surface area contributed by atoms with E-state index in [9.17, 15) is 0 Å². The smallest absolute Gasteiger partial charge is 0.151 e. The van der Waals surface area contributed by atoms with E-state index < -0.39 is 0 Å². The molecule has 0 atom stereocenters. The van der Waals surface area contributed by atoms with Crippen LogP contribution >= 0.6 is 11.3 Å². The van der Waals surface area contributed by atoms with Crippen LogP contribution in [0.4, 0.5) is 0 Å². The van der Waals surface area contributed by atoms with Crippen molar-refractivity contribution in [3.63, 3.8) is 0 Å². The highest BCUT2D eigenvalue weighted by Gasteiger charge is 2.12. The molecule has 166 valence electrons. The van der Waals surface area contributed by atoms with E-state index in [1.807, 2.05) is 25.4 Å². The van der Waals surface area contributed by atoms with E-state index >= 15 is 0 Å². The molecule has 0 aliphatic rings. The molecule has 0 saturated heterocycles. The molecule has 4 rings (SSSR count). The van der Waals surface area contributed by atoms with Gasteiger partial charge in [0.25, 0.3) is 0 Å². The van der Waals surface area contributed by atoms with Gasteiger partial charge in [-0.1, -0.05) is 69.4 Å². The molecule has 32 heavy (non-hydrogen) atoms. The van der Waals surface area contributed by atoms with E-state index in [4.69, 9.17) is 4.74 Å². The topological polar surface area (TPSA) is 60.8 Å². The second-order valence-corrected chi connectivity index (χ2v) is 9.33. The molecule has 2 heterocycles. The van der Waals surface area contributed by atoms with E-state index in [0.29, 0.717) is 11.8 Å². The molecule has 0 fully saturated rings. The molecule has 0 saturated carbocycles. The first-order valence-corrected chi connectivity index (χ1v) is 11.5. The molecule has 2 aromatic carbocycles. The van der Waals surface area contributed by atoms with Gasteiger partial charge in [-0.15, -0.1) is 10.2 Å². The predicted molar refractivity (Wildman–Crippen MR) is 132 cm³/mol. The van der Waals surface area contributed by atoms with Gasteiger partial charge in [0.2, 0.25) is 0 Å². The molecule has 6 heteroatoms. The van der Waals surface area contributed by atoms with Gasteiger partial charge in [-0.05, 0) is 47.6 Å². The van der Waals surface area contributed by atoms with Gasteiger partial charge in [0.15, 0.2) is 5.01 Å². The minimum atomic E-state index is 0.494. The SMILES string of the molecule is CC(C)c1cccc(-c2cncnc2)c1.COc1ccc(C(C)C)cc1-c1nnc(C)s1. The van der Waals surface area contributed by atoms with Crippen LogP contribution in [0.25, 0.3) is 21.7 Å². The van der Waals surface area contributed by atoms with Crippen LogP contribution in [0.15, 0.2) is 61.2 Å². The number of hydrogen-bond acceptors (Lipinski definition) is 6. The maximum absolute atomic E-state index is 5.38. The molecule has 0 radical (unpaired) electrons. The number of ether oxygens (including phenoxy) is 1. The summed E-state index contributed by atoms with van der Waals surface area (Å²) in [7, 11) is 1.68. The van der Waals surface area contributed by atoms with Crippen LogP contribution in [0, 0.1) is 6.92 Å². The highest BCUT2D eigenvalue weighted by atomic mass is 32.1. The summed E-state index contributed by atoms with van der Waals surface area (Å²) in [6.45, 7) is 10.7. The largest absolute Gasteiger partial charge is 0.496 e. The predicted octanol–water partition coefficient (Wildman–Crippen LogP) is 6.91. The van der Waals surface area contributed by atoms with Crippen molar-refractivity contribution in [2.24, 2.45) is 0 Å². The number of hydrogen-bond donors (Lipinski definition) is 0. The fourth-order valence-corrected chi connectivity index (χ4v) is 3.90. The molecular formula is C26H30N4OS.